The monoisotopic (exact) mass is 619 g/mol. The minimum atomic E-state index is -0.445. The zero-order valence-electron chi connectivity index (χ0n) is 24.3. The fourth-order valence-corrected chi connectivity index (χ4v) is 5.27. The molecule has 44 heavy (non-hydrogen) atoms. The number of aromatic amines is 1. The summed E-state index contributed by atoms with van der Waals surface area (Å²) in [6, 6.07) is 15.3. The molecule has 0 spiro atoms. The summed E-state index contributed by atoms with van der Waals surface area (Å²) in [6.45, 7) is 4.06. The molecular weight excluding hydrogens is 590 g/mol. The Morgan fingerprint density at radius 3 is 2.30 bits per heavy atom. The quantitative estimate of drug-likeness (QED) is 0.173. The van der Waals surface area contributed by atoms with Gasteiger partial charge in [0.15, 0.2) is 17.3 Å². The molecular formula is C32H29NO10S. The third-order valence-corrected chi connectivity index (χ3v) is 7.61. The molecule has 0 aliphatic heterocycles. The van der Waals surface area contributed by atoms with Gasteiger partial charge in [0, 0.05) is 17.7 Å². The van der Waals surface area contributed by atoms with E-state index < -0.39 is 5.43 Å². The average molecular weight is 620 g/mol. The lowest BCUT2D eigenvalue weighted by Crippen LogP contribution is -2.16. The molecule has 5 aromatic rings. The molecule has 0 amide bonds. The molecule has 0 radical (unpaired) electrons. The number of ether oxygens (including phenoxy) is 6. The second-order valence-corrected chi connectivity index (χ2v) is 10.2. The van der Waals surface area contributed by atoms with Gasteiger partial charge in [0.25, 0.3) is 0 Å². The molecule has 0 fully saturated rings. The van der Waals surface area contributed by atoms with Crippen molar-refractivity contribution >= 4 is 27.9 Å². The number of hydrogen-bond donors (Lipinski definition) is 2. The summed E-state index contributed by atoms with van der Waals surface area (Å²) < 4.78 is 39.8. The number of nitrogens with one attached hydrogen (secondary N) is 1. The van der Waals surface area contributed by atoms with Gasteiger partial charge in [0.2, 0.25) is 17.1 Å². The standard InChI is InChI=1S/C32H29NO10S/c1-17(30-31(35)33-32(36)44-30)18-7-6-8-20(13-18)41-11-12-42-29-27(34)26-24(40-5)15-21(37-2)16-25(26)43-28(29)19-9-10-22(38-3)23(14-19)39-4/h6-10,13-16,35H,1,11-12H2,2-5H3,(H,33,36). The minimum absolute atomic E-state index is 0.0135. The van der Waals surface area contributed by atoms with E-state index in [0.717, 1.165) is 11.3 Å². The van der Waals surface area contributed by atoms with Crippen LogP contribution in [0.3, 0.4) is 0 Å². The van der Waals surface area contributed by atoms with Crippen LogP contribution in [0.2, 0.25) is 0 Å². The van der Waals surface area contributed by atoms with E-state index in [2.05, 4.69) is 11.6 Å². The number of aromatic nitrogens is 1. The molecule has 0 aliphatic carbocycles. The molecule has 0 unspecified atom stereocenters. The van der Waals surface area contributed by atoms with Crippen LogP contribution in [0.5, 0.6) is 40.4 Å². The Balaban J connectivity index is 1.45. The van der Waals surface area contributed by atoms with Crippen LogP contribution < -0.4 is 38.7 Å². The Labute approximate surface area is 255 Å². The average Bonchev–Trinajstić information content (AvgIpc) is 3.39. The highest BCUT2D eigenvalue weighted by molar-refractivity contribution is 7.10. The third kappa shape index (κ3) is 5.92. The number of H-pyrrole nitrogens is 1. The molecule has 0 aliphatic rings. The topological polar surface area (TPSA) is 139 Å². The Morgan fingerprint density at radius 1 is 0.864 bits per heavy atom. The van der Waals surface area contributed by atoms with Crippen LogP contribution in [-0.4, -0.2) is 51.7 Å². The molecule has 5 rings (SSSR count). The van der Waals surface area contributed by atoms with Gasteiger partial charge in [-0.3, -0.25) is 14.6 Å². The number of aromatic hydroxyl groups is 1. The lowest BCUT2D eigenvalue weighted by molar-refractivity contribution is 0.214. The van der Waals surface area contributed by atoms with Crippen LogP contribution >= 0.6 is 11.3 Å². The van der Waals surface area contributed by atoms with Gasteiger partial charge in [0.05, 0.1) is 33.3 Å². The molecule has 3 aromatic carbocycles. The summed E-state index contributed by atoms with van der Waals surface area (Å²) in [6.07, 6.45) is 0. The molecule has 2 heterocycles. The van der Waals surface area contributed by atoms with Crippen molar-refractivity contribution in [2.45, 2.75) is 0 Å². The van der Waals surface area contributed by atoms with E-state index >= 15 is 0 Å². The fraction of sp³-hybridized carbons (Fsp3) is 0.188. The van der Waals surface area contributed by atoms with E-state index in [1.807, 2.05) is 0 Å². The first-order valence-corrected chi connectivity index (χ1v) is 14.0. The number of methoxy groups -OCH3 is 4. The van der Waals surface area contributed by atoms with E-state index in [-0.39, 0.29) is 52.2 Å². The van der Waals surface area contributed by atoms with Crippen molar-refractivity contribution in [3.63, 3.8) is 0 Å². The lowest BCUT2D eigenvalue weighted by atomic mass is 10.1. The van der Waals surface area contributed by atoms with Gasteiger partial charge in [-0.05, 0) is 41.5 Å². The van der Waals surface area contributed by atoms with Gasteiger partial charge in [-0.25, -0.2) is 0 Å². The number of fused-ring (bicyclic) bond motifs is 1. The molecule has 2 aromatic heterocycles. The molecule has 12 heteroatoms. The Morgan fingerprint density at radius 2 is 1.61 bits per heavy atom. The molecule has 0 atom stereocenters. The zero-order valence-corrected chi connectivity index (χ0v) is 25.2. The van der Waals surface area contributed by atoms with Crippen molar-refractivity contribution in [3.05, 3.63) is 91.5 Å². The van der Waals surface area contributed by atoms with E-state index in [1.54, 1.807) is 54.6 Å². The second-order valence-electron chi connectivity index (χ2n) is 9.26. The highest BCUT2D eigenvalue weighted by Crippen LogP contribution is 2.39. The summed E-state index contributed by atoms with van der Waals surface area (Å²) in [4.78, 5) is 27.8. The largest absolute Gasteiger partial charge is 0.496 e. The van der Waals surface area contributed by atoms with Crippen molar-refractivity contribution in [2.24, 2.45) is 0 Å². The Bertz CT molecular complexity index is 1960. The first-order chi connectivity index (χ1) is 21.3. The molecule has 0 saturated heterocycles. The summed E-state index contributed by atoms with van der Waals surface area (Å²) in [5, 5.41) is 10.2. The Hall–Kier alpha value is -5.36. The van der Waals surface area contributed by atoms with Gasteiger partial charge in [-0.15, -0.1) is 0 Å². The fourth-order valence-electron chi connectivity index (χ4n) is 4.55. The van der Waals surface area contributed by atoms with Gasteiger partial charge in [0.1, 0.15) is 41.4 Å². The van der Waals surface area contributed by atoms with E-state index in [1.165, 1.54) is 28.4 Å². The highest BCUT2D eigenvalue weighted by atomic mass is 32.1. The first kappa shape index (κ1) is 30.1. The van der Waals surface area contributed by atoms with E-state index in [0.29, 0.717) is 44.6 Å². The van der Waals surface area contributed by atoms with Crippen LogP contribution in [0.25, 0.3) is 27.9 Å². The smallest absolute Gasteiger partial charge is 0.307 e. The maximum atomic E-state index is 13.9. The molecule has 0 bridgehead atoms. The first-order valence-electron chi connectivity index (χ1n) is 13.2. The third-order valence-electron chi connectivity index (χ3n) is 6.68. The van der Waals surface area contributed by atoms with Gasteiger partial charge >= 0.3 is 4.87 Å². The molecule has 2 N–H and O–H groups in total. The summed E-state index contributed by atoms with van der Waals surface area (Å²) in [7, 11) is 5.99. The molecule has 0 saturated carbocycles. The lowest BCUT2D eigenvalue weighted by Gasteiger charge is -2.15. The molecule has 11 nitrogen and oxygen atoms in total. The summed E-state index contributed by atoms with van der Waals surface area (Å²) in [5.74, 6) is 2.04. The SMILES string of the molecule is C=C(c1cccc(OCCOc2c(-c3ccc(OC)c(OC)c3)oc3cc(OC)cc(OC)c3c2=O)c1)c1sc(=O)[nH]c1O. The van der Waals surface area contributed by atoms with Crippen LogP contribution in [0.1, 0.15) is 10.4 Å². The van der Waals surface area contributed by atoms with Crippen LogP contribution in [-0.2, 0) is 0 Å². The number of hydrogen-bond acceptors (Lipinski definition) is 11. The maximum Gasteiger partial charge on any atom is 0.307 e. The van der Waals surface area contributed by atoms with Crippen LogP contribution in [0.15, 0.2) is 75.2 Å². The van der Waals surface area contributed by atoms with Crippen LogP contribution in [0, 0.1) is 0 Å². The number of benzene rings is 3. The van der Waals surface area contributed by atoms with Gasteiger partial charge < -0.3 is 37.9 Å². The van der Waals surface area contributed by atoms with Crippen molar-refractivity contribution < 1.29 is 37.9 Å². The maximum absolute atomic E-state index is 13.9. The highest BCUT2D eigenvalue weighted by Gasteiger charge is 2.23. The number of thiazole rings is 1. The van der Waals surface area contributed by atoms with Crippen molar-refractivity contribution in [2.75, 3.05) is 41.7 Å². The second kappa shape index (κ2) is 12.9. The van der Waals surface area contributed by atoms with Crippen molar-refractivity contribution in [3.8, 4) is 51.7 Å². The van der Waals surface area contributed by atoms with Crippen LogP contribution in [0.4, 0.5) is 0 Å². The van der Waals surface area contributed by atoms with Gasteiger partial charge in [-0.2, -0.15) is 0 Å². The minimum Gasteiger partial charge on any atom is -0.496 e. The van der Waals surface area contributed by atoms with E-state index in [4.69, 9.17) is 32.8 Å². The van der Waals surface area contributed by atoms with Gasteiger partial charge in [-0.1, -0.05) is 30.0 Å². The predicted molar refractivity (Wildman–Crippen MR) is 166 cm³/mol. The Kier molecular flexibility index (Phi) is 8.81. The van der Waals surface area contributed by atoms with Crippen molar-refractivity contribution in [1.29, 1.82) is 0 Å². The molecule has 228 valence electrons. The summed E-state index contributed by atoms with van der Waals surface area (Å²) >= 11 is 0.862. The summed E-state index contributed by atoms with van der Waals surface area (Å²) in [5.41, 5.74) is 1.43. The normalized spacial score (nSPS) is 10.8. The number of rotatable bonds is 12. The van der Waals surface area contributed by atoms with E-state index in [9.17, 15) is 14.7 Å². The predicted octanol–water partition coefficient (Wildman–Crippen LogP) is 5.47. The van der Waals surface area contributed by atoms with Crippen molar-refractivity contribution in [1.82, 2.24) is 4.98 Å². The zero-order chi connectivity index (χ0) is 31.4.